The lowest BCUT2D eigenvalue weighted by Gasteiger charge is -2.24. The standard InChI is InChI=1S/C15H22BrNO/c1-15(2,3)11-7-12(10-5-6-17-9-10)14(18-4)13(16)8-11/h7-8,10,17H,5-6,9H2,1-4H3. The molecule has 1 heterocycles. The number of benzene rings is 1. The molecular formula is C15H22BrNO. The third-order valence-electron chi connectivity index (χ3n) is 3.64. The van der Waals surface area contributed by atoms with Crippen LogP contribution in [0.5, 0.6) is 5.75 Å². The maximum atomic E-state index is 5.58. The Morgan fingerprint density at radius 3 is 2.56 bits per heavy atom. The van der Waals surface area contributed by atoms with Crippen molar-refractivity contribution in [3.8, 4) is 5.75 Å². The lowest BCUT2D eigenvalue weighted by Crippen LogP contribution is -2.14. The molecule has 1 aromatic rings. The largest absolute Gasteiger partial charge is 0.495 e. The molecule has 18 heavy (non-hydrogen) atoms. The quantitative estimate of drug-likeness (QED) is 0.896. The summed E-state index contributed by atoms with van der Waals surface area (Å²) in [5.41, 5.74) is 2.86. The van der Waals surface area contributed by atoms with Crippen LogP contribution in [0, 0.1) is 0 Å². The van der Waals surface area contributed by atoms with Gasteiger partial charge in [-0.2, -0.15) is 0 Å². The summed E-state index contributed by atoms with van der Waals surface area (Å²) in [5, 5.41) is 3.43. The van der Waals surface area contributed by atoms with Crippen LogP contribution in [0.25, 0.3) is 0 Å². The van der Waals surface area contributed by atoms with Crippen molar-refractivity contribution in [1.82, 2.24) is 5.32 Å². The van der Waals surface area contributed by atoms with Crippen molar-refractivity contribution >= 4 is 15.9 Å². The lowest BCUT2D eigenvalue weighted by molar-refractivity contribution is 0.402. The minimum atomic E-state index is 0.162. The zero-order chi connectivity index (χ0) is 13.3. The molecule has 1 aromatic carbocycles. The van der Waals surface area contributed by atoms with E-state index in [9.17, 15) is 0 Å². The van der Waals surface area contributed by atoms with Gasteiger partial charge in [0.25, 0.3) is 0 Å². The van der Waals surface area contributed by atoms with Crippen molar-refractivity contribution in [2.75, 3.05) is 20.2 Å². The summed E-state index contributed by atoms with van der Waals surface area (Å²) in [4.78, 5) is 0. The topological polar surface area (TPSA) is 21.3 Å². The summed E-state index contributed by atoms with van der Waals surface area (Å²) in [7, 11) is 1.75. The molecule has 1 atom stereocenters. The maximum absolute atomic E-state index is 5.58. The highest BCUT2D eigenvalue weighted by Crippen LogP contribution is 2.40. The van der Waals surface area contributed by atoms with E-state index in [1.165, 1.54) is 17.5 Å². The van der Waals surface area contributed by atoms with Gasteiger partial charge in [-0.25, -0.2) is 0 Å². The molecule has 1 saturated heterocycles. The number of halogens is 1. The molecular weight excluding hydrogens is 290 g/mol. The molecule has 1 unspecified atom stereocenters. The Kier molecular flexibility index (Phi) is 4.02. The minimum Gasteiger partial charge on any atom is -0.495 e. The Bertz CT molecular complexity index is 431. The first kappa shape index (κ1) is 13.9. The Hall–Kier alpha value is -0.540. The van der Waals surface area contributed by atoms with E-state index in [0.717, 1.165) is 23.3 Å². The summed E-state index contributed by atoms with van der Waals surface area (Å²) in [5.74, 6) is 1.57. The van der Waals surface area contributed by atoms with Crippen molar-refractivity contribution in [2.24, 2.45) is 0 Å². The van der Waals surface area contributed by atoms with Crippen LogP contribution >= 0.6 is 15.9 Å². The molecule has 0 radical (unpaired) electrons. The highest BCUT2D eigenvalue weighted by atomic mass is 79.9. The summed E-state index contributed by atoms with van der Waals surface area (Å²) >= 11 is 3.65. The normalized spacial score (nSPS) is 20.2. The van der Waals surface area contributed by atoms with Crippen LogP contribution in [0.4, 0.5) is 0 Å². The fourth-order valence-corrected chi connectivity index (χ4v) is 3.12. The predicted molar refractivity (Wildman–Crippen MR) is 79.6 cm³/mol. The van der Waals surface area contributed by atoms with Crippen molar-refractivity contribution in [2.45, 2.75) is 38.5 Å². The van der Waals surface area contributed by atoms with Crippen LogP contribution in [-0.4, -0.2) is 20.2 Å². The molecule has 1 aliphatic rings. The zero-order valence-corrected chi connectivity index (χ0v) is 13.2. The van der Waals surface area contributed by atoms with Crippen molar-refractivity contribution in [3.63, 3.8) is 0 Å². The van der Waals surface area contributed by atoms with Crippen LogP contribution in [-0.2, 0) is 5.41 Å². The molecule has 0 saturated carbocycles. The monoisotopic (exact) mass is 311 g/mol. The van der Waals surface area contributed by atoms with E-state index in [-0.39, 0.29) is 5.41 Å². The van der Waals surface area contributed by atoms with Gasteiger partial charge in [-0.05, 0) is 51.5 Å². The van der Waals surface area contributed by atoms with E-state index in [4.69, 9.17) is 4.74 Å². The van der Waals surface area contributed by atoms with Gasteiger partial charge in [-0.15, -0.1) is 0 Å². The van der Waals surface area contributed by atoms with Crippen LogP contribution < -0.4 is 10.1 Å². The van der Waals surface area contributed by atoms with Crippen LogP contribution in [0.15, 0.2) is 16.6 Å². The molecule has 100 valence electrons. The number of rotatable bonds is 2. The van der Waals surface area contributed by atoms with Crippen LogP contribution in [0.1, 0.15) is 44.2 Å². The number of ether oxygens (including phenoxy) is 1. The van der Waals surface area contributed by atoms with Crippen LogP contribution in [0.2, 0.25) is 0 Å². The summed E-state index contributed by atoms with van der Waals surface area (Å²) < 4.78 is 6.65. The maximum Gasteiger partial charge on any atom is 0.136 e. The number of methoxy groups -OCH3 is 1. The van der Waals surface area contributed by atoms with E-state index in [2.05, 4.69) is 54.2 Å². The highest BCUT2D eigenvalue weighted by molar-refractivity contribution is 9.10. The predicted octanol–water partition coefficient (Wildman–Crippen LogP) is 3.83. The molecule has 1 fully saturated rings. The zero-order valence-electron chi connectivity index (χ0n) is 11.6. The van der Waals surface area contributed by atoms with Crippen molar-refractivity contribution in [1.29, 1.82) is 0 Å². The minimum absolute atomic E-state index is 0.162. The van der Waals surface area contributed by atoms with Gasteiger partial charge in [-0.1, -0.05) is 26.8 Å². The number of hydrogen-bond donors (Lipinski definition) is 1. The Morgan fingerprint density at radius 2 is 2.06 bits per heavy atom. The first-order valence-corrected chi connectivity index (χ1v) is 7.31. The van der Waals surface area contributed by atoms with Gasteiger partial charge in [0.2, 0.25) is 0 Å². The molecule has 0 spiro atoms. The van der Waals surface area contributed by atoms with E-state index in [1.807, 2.05) is 0 Å². The van der Waals surface area contributed by atoms with Gasteiger partial charge in [0.1, 0.15) is 5.75 Å². The molecule has 1 aliphatic heterocycles. The third-order valence-corrected chi connectivity index (χ3v) is 4.23. The molecule has 2 nitrogen and oxygen atoms in total. The average molecular weight is 312 g/mol. The number of nitrogens with one attached hydrogen (secondary N) is 1. The van der Waals surface area contributed by atoms with Gasteiger partial charge in [0, 0.05) is 12.5 Å². The third kappa shape index (κ3) is 2.72. The SMILES string of the molecule is COc1c(Br)cc(C(C)(C)C)cc1C1CCNC1. The van der Waals surface area contributed by atoms with Gasteiger partial charge >= 0.3 is 0 Å². The molecule has 2 rings (SSSR count). The van der Waals surface area contributed by atoms with E-state index in [0.29, 0.717) is 5.92 Å². The molecule has 0 amide bonds. The fraction of sp³-hybridized carbons (Fsp3) is 0.600. The Morgan fingerprint density at radius 1 is 1.33 bits per heavy atom. The Balaban J connectivity index is 2.50. The lowest BCUT2D eigenvalue weighted by atomic mass is 9.84. The summed E-state index contributed by atoms with van der Waals surface area (Å²) in [6.07, 6.45) is 1.19. The van der Waals surface area contributed by atoms with Gasteiger partial charge in [0.05, 0.1) is 11.6 Å². The van der Waals surface area contributed by atoms with Gasteiger partial charge < -0.3 is 10.1 Å². The van der Waals surface area contributed by atoms with Gasteiger partial charge in [0.15, 0.2) is 0 Å². The smallest absolute Gasteiger partial charge is 0.136 e. The first-order chi connectivity index (χ1) is 8.43. The van der Waals surface area contributed by atoms with Crippen molar-refractivity contribution < 1.29 is 4.74 Å². The number of hydrogen-bond acceptors (Lipinski definition) is 2. The summed E-state index contributed by atoms with van der Waals surface area (Å²) in [6.45, 7) is 8.90. The molecule has 0 aromatic heterocycles. The van der Waals surface area contributed by atoms with E-state index >= 15 is 0 Å². The fourth-order valence-electron chi connectivity index (χ4n) is 2.49. The second-order valence-corrected chi connectivity index (χ2v) is 6.87. The first-order valence-electron chi connectivity index (χ1n) is 6.52. The van der Waals surface area contributed by atoms with Crippen molar-refractivity contribution in [3.05, 3.63) is 27.7 Å². The molecule has 0 aliphatic carbocycles. The van der Waals surface area contributed by atoms with Gasteiger partial charge in [-0.3, -0.25) is 0 Å². The van der Waals surface area contributed by atoms with E-state index < -0.39 is 0 Å². The molecule has 3 heteroatoms. The van der Waals surface area contributed by atoms with Crippen LogP contribution in [0.3, 0.4) is 0 Å². The second kappa shape index (κ2) is 5.22. The summed E-state index contributed by atoms with van der Waals surface area (Å²) in [6, 6.07) is 4.51. The molecule has 1 N–H and O–H groups in total. The average Bonchev–Trinajstić information content (AvgIpc) is 2.79. The molecule has 0 bridgehead atoms. The Labute approximate surface area is 118 Å². The highest BCUT2D eigenvalue weighted by Gasteiger charge is 2.25. The second-order valence-electron chi connectivity index (χ2n) is 6.02. The van der Waals surface area contributed by atoms with E-state index in [1.54, 1.807) is 7.11 Å².